The Labute approximate surface area is 68.6 Å². The number of carboxylic acid groups (broad SMARTS) is 1. The summed E-state index contributed by atoms with van der Waals surface area (Å²) in [6, 6.07) is 0. The third-order valence-electron chi connectivity index (χ3n) is 1.63. The molecule has 0 radical (unpaired) electrons. The molecule has 1 N–H and O–H groups in total. The van der Waals surface area contributed by atoms with E-state index in [0.717, 1.165) is 7.11 Å². The molecule has 1 aliphatic heterocycles. The molecule has 0 fully saturated rings. The van der Waals surface area contributed by atoms with Gasteiger partial charge in [0.25, 0.3) is 0 Å². The molecule has 0 amide bonds. The summed E-state index contributed by atoms with van der Waals surface area (Å²) in [5.41, 5.74) is -1.85. The van der Waals surface area contributed by atoms with Crippen molar-refractivity contribution in [2.45, 2.75) is 12.0 Å². The number of methoxy groups -OCH3 is 1. The molecule has 5 heteroatoms. The Morgan fingerprint density at radius 2 is 2.33 bits per heavy atom. The monoisotopic (exact) mass is 172 g/mol. The zero-order valence-corrected chi connectivity index (χ0v) is 6.44. The number of carboxylic acids is 1. The van der Waals surface area contributed by atoms with Crippen LogP contribution >= 0.6 is 0 Å². The Morgan fingerprint density at radius 1 is 1.67 bits per heavy atom. The fraction of sp³-hybridized carbons (Fsp3) is 0.429. The van der Waals surface area contributed by atoms with Crippen LogP contribution in [0, 0.1) is 0 Å². The van der Waals surface area contributed by atoms with Crippen molar-refractivity contribution in [1.82, 2.24) is 0 Å². The molecule has 0 spiro atoms. The van der Waals surface area contributed by atoms with Crippen LogP contribution in [0.2, 0.25) is 0 Å². The minimum atomic E-state index is -1.85. The molecule has 0 aromatic carbocycles. The van der Waals surface area contributed by atoms with Crippen molar-refractivity contribution in [3.05, 3.63) is 12.3 Å². The minimum Gasteiger partial charge on any atom is -0.478 e. The highest BCUT2D eigenvalue weighted by molar-refractivity contribution is 6.03. The molecule has 12 heavy (non-hydrogen) atoms. The normalized spacial score (nSPS) is 26.4. The predicted molar refractivity (Wildman–Crippen MR) is 37.2 cm³/mol. The lowest BCUT2D eigenvalue weighted by Crippen LogP contribution is -2.46. The van der Waals surface area contributed by atoms with Crippen molar-refractivity contribution in [3.63, 3.8) is 0 Å². The third kappa shape index (κ3) is 1.03. The number of hydrogen-bond acceptors (Lipinski definition) is 4. The Bertz CT molecular complexity index is 234. The van der Waals surface area contributed by atoms with Crippen LogP contribution in [0.4, 0.5) is 0 Å². The van der Waals surface area contributed by atoms with Crippen LogP contribution in [-0.4, -0.2) is 29.8 Å². The molecule has 66 valence electrons. The maximum atomic E-state index is 11.0. The average Bonchev–Trinajstić information content (AvgIpc) is 2.52. The van der Waals surface area contributed by atoms with Crippen LogP contribution in [0.1, 0.15) is 6.42 Å². The van der Waals surface area contributed by atoms with E-state index < -0.39 is 17.5 Å². The van der Waals surface area contributed by atoms with E-state index in [1.807, 2.05) is 0 Å². The van der Waals surface area contributed by atoms with E-state index in [-0.39, 0.29) is 6.42 Å². The summed E-state index contributed by atoms with van der Waals surface area (Å²) >= 11 is 0. The second-order valence-electron chi connectivity index (χ2n) is 2.32. The van der Waals surface area contributed by atoms with Gasteiger partial charge in [0.05, 0.1) is 13.4 Å². The van der Waals surface area contributed by atoms with Gasteiger partial charge in [-0.1, -0.05) is 0 Å². The van der Waals surface area contributed by atoms with Gasteiger partial charge in [0, 0.05) is 6.42 Å². The van der Waals surface area contributed by atoms with Crippen LogP contribution in [0.15, 0.2) is 12.3 Å². The number of aliphatic carboxylic acids is 1. The van der Waals surface area contributed by atoms with Gasteiger partial charge in [-0.05, 0) is 6.08 Å². The molecular formula is C7H8O5. The molecule has 0 aromatic heterocycles. The van der Waals surface area contributed by atoms with Crippen molar-refractivity contribution >= 4 is 11.9 Å². The molecule has 0 bridgehead atoms. The van der Waals surface area contributed by atoms with E-state index in [1.54, 1.807) is 0 Å². The molecule has 1 unspecified atom stereocenters. The van der Waals surface area contributed by atoms with E-state index in [4.69, 9.17) is 9.84 Å². The number of carbonyl (C=O) groups excluding carboxylic acids is 1. The summed E-state index contributed by atoms with van der Waals surface area (Å²) in [5.74, 6) is -2.22. The van der Waals surface area contributed by atoms with Crippen LogP contribution in [0.25, 0.3) is 0 Å². The lowest BCUT2D eigenvalue weighted by molar-refractivity contribution is -0.176. The first kappa shape index (κ1) is 8.58. The van der Waals surface area contributed by atoms with Gasteiger partial charge < -0.3 is 14.6 Å². The first-order chi connectivity index (χ1) is 5.63. The summed E-state index contributed by atoms with van der Waals surface area (Å²) in [5, 5.41) is 8.70. The maximum Gasteiger partial charge on any atom is 0.362 e. The van der Waals surface area contributed by atoms with Crippen molar-refractivity contribution in [1.29, 1.82) is 0 Å². The number of ether oxygens (including phenoxy) is 2. The smallest absolute Gasteiger partial charge is 0.362 e. The Balaban J connectivity index is 2.88. The molecule has 0 saturated heterocycles. The van der Waals surface area contributed by atoms with E-state index in [9.17, 15) is 9.59 Å². The zero-order valence-electron chi connectivity index (χ0n) is 6.44. The number of rotatable bonds is 2. The lowest BCUT2D eigenvalue weighted by Gasteiger charge is -2.19. The van der Waals surface area contributed by atoms with Gasteiger partial charge in [0.15, 0.2) is 0 Å². The van der Waals surface area contributed by atoms with Crippen molar-refractivity contribution < 1.29 is 24.2 Å². The van der Waals surface area contributed by atoms with E-state index >= 15 is 0 Å². The van der Waals surface area contributed by atoms with Crippen molar-refractivity contribution in [3.8, 4) is 0 Å². The highest BCUT2D eigenvalue weighted by Crippen LogP contribution is 2.25. The number of carbonyl (C=O) groups is 2. The summed E-state index contributed by atoms with van der Waals surface area (Å²) in [6.07, 6.45) is 2.66. The minimum absolute atomic E-state index is 0.00894. The first-order valence-electron chi connectivity index (χ1n) is 3.28. The zero-order chi connectivity index (χ0) is 9.19. The van der Waals surface area contributed by atoms with Crippen LogP contribution in [0.3, 0.4) is 0 Å². The Kier molecular flexibility index (Phi) is 2.03. The van der Waals surface area contributed by atoms with Gasteiger partial charge in [0.1, 0.15) is 0 Å². The fourth-order valence-corrected chi connectivity index (χ4v) is 0.948. The van der Waals surface area contributed by atoms with Gasteiger partial charge in [-0.25, -0.2) is 9.59 Å². The van der Waals surface area contributed by atoms with Gasteiger partial charge in [-0.3, -0.25) is 0 Å². The Hall–Kier alpha value is -1.52. The Morgan fingerprint density at radius 3 is 2.67 bits per heavy atom. The maximum absolute atomic E-state index is 11.0. The van der Waals surface area contributed by atoms with Crippen molar-refractivity contribution in [2.75, 3.05) is 7.11 Å². The highest BCUT2D eigenvalue weighted by Gasteiger charge is 2.50. The molecule has 1 rings (SSSR count). The fourth-order valence-electron chi connectivity index (χ4n) is 0.948. The summed E-state index contributed by atoms with van der Waals surface area (Å²) in [4.78, 5) is 21.7. The quantitative estimate of drug-likeness (QED) is 0.465. The second kappa shape index (κ2) is 2.84. The molecule has 1 heterocycles. The molecule has 1 aliphatic rings. The molecule has 0 saturated carbocycles. The lowest BCUT2D eigenvalue weighted by atomic mass is 10.0. The van der Waals surface area contributed by atoms with Gasteiger partial charge in [-0.15, -0.1) is 0 Å². The summed E-state index contributed by atoms with van der Waals surface area (Å²) < 4.78 is 9.01. The standard InChI is InChI=1S/C7H8O5/c1-11-6(10)7(5(8)9)3-2-4-12-7/h2,4H,3H2,1H3,(H,8,9). The molecule has 1 atom stereocenters. The van der Waals surface area contributed by atoms with Crippen LogP contribution in [-0.2, 0) is 19.1 Å². The number of hydrogen-bond donors (Lipinski definition) is 1. The van der Waals surface area contributed by atoms with Crippen molar-refractivity contribution in [2.24, 2.45) is 0 Å². The topological polar surface area (TPSA) is 72.8 Å². The second-order valence-corrected chi connectivity index (χ2v) is 2.32. The molecular weight excluding hydrogens is 164 g/mol. The summed E-state index contributed by atoms with van der Waals surface area (Å²) in [6.45, 7) is 0. The predicted octanol–water partition coefficient (Wildman–Crippen LogP) is -0.0832. The number of esters is 1. The van der Waals surface area contributed by atoms with E-state index in [2.05, 4.69) is 4.74 Å². The van der Waals surface area contributed by atoms with E-state index in [1.165, 1.54) is 12.3 Å². The molecule has 0 aromatic rings. The highest BCUT2D eigenvalue weighted by atomic mass is 16.6. The van der Waals surface area contributed by atoms with Crippen LogP contribution < -0.4 is 0 Å². The van der Waals surface area contributed by atoms with E-state index in [0.29, 0.717) is 0 Å². The average molecular weight is 172 g/mol. The van der Waals surface area contributed by atoms with Gasteiger partial charge >= 0.3 is 17.5 Å². The molecule has 0 aliphatic carbocycles. The molecule has 5 nitrogen and oxygen atoms in total. The summed E-state index contributed by atoms with van der Waals surface area (Å²) in [7, 11) is 1.12. The largest absolute Gasteiger partial charge is 0.478 e. The van der Waals surface area contributed by atoms with Gasteiger partial charge in [0.2, 0.25) is 0 Å². The first-order valence-corrected chi connectivity index (χ1v) is 3.28. The third-order valence-corrected chi connectivity index (χ3v) is 1.63. The SMILES string of the molecule is COC(=O)C1(C(=O)O)CC=CO1. The van der Waals surface area contributed by atoms with Gasteiger partial charge in [-0.2, -0.15) is 0 Å². The van der Waals surface area contributed by atoms with Crippen LogP contribution in [0.5, 0.6) is 0 Å².